The molecule has 3 aromatic rings. The molecule has 2 N–H and O–H groups in total. The van der Waals surface area contributed by atoms with E-state index in [2.05, 4.69) is 32.6 Å². The van der Waals surface area contributed by atoms with E-state index in [-0.39, 0.29) is 6.04 Å². The fraction of sp³-hybridized carbons (Fsp3) is 0.263. The highest BCUT2D eigenvalue weighted by molar-refractivity contribution is 5.46. The Morgan fingerprint density at radius 1 is 1.04 bits per heavy atom. The molecule has 0 amide bonds. The number of rotatable bonds is 7. The maximum absolute atomic E-state index is 5.51. The first-order valence-corrected chi connectivity index (χ1v) is 8.10. The Morgan fingerprint density at radius 3 is 2.48 bits per heavy atom. The summed E-state index contributed by atoms with van der Waals surface area (Å²) in [6.07, 6.45) is 0. The predicted octanol–water partition coefficient (Wildman–Crippen LogP) is 3.01. The zero-order chi connectivity index (χ0) is 17.6. The Hall–Kier alpha value is -2.86. The van der Waals surface area contributed by atoms with Gasteiger partial charge in [-0.1, -0.05) is 42.5 Å². The zero-order valence-electron chi connectivity index (χ0n) is 14.6. The van der Waals surface area contributed by atoms with E-state index in [1.165, 1.54) is 0 Å². The van der Waals surface area contributed by atoms with Crippen LogP contribution in [0, 0.1) is 6.92 Å². The van der Waals surface area contributed by atoms with Crippen LogP contribution in [-0.4, -0.2) is 29.4 Å². The summed E-state index contributed by atoms with van der Waals surface area (Å²) in [7, 11) is 3.28. The summed E-state index contributed by atoms with van der Waals surface area (Å²) >= 11 is 0. The van der Waals surface area contributed by atoms with Gasteiger partial charge in [-0.2, -0.15) is 5.10 Å². The highest BCUT2D eigenvalue weighted by Gasteiger charge is 2.19. The topological polar surface area (TPSA) is 72.1 Å². The lowest BCUT2D eigenvalue weighted by Gasteiger charge is -2.18. The van der Waals surface area contributed by atoms with Crippen molar-refractivity contribution in [2.75, 3.05) is 14.2 Å². The number of hydrogen-bond donors (Lipinski definition) is 2. The summed E-state index contributed by atoms with van der Waals surface area (Å²) in [5, 5.41) is 10.8. The fourth-order valence-electron chi connectivity index (χ4n) is 2.80. The van der Waals surface area contributed by atoms with Crippen LogP contribution in [0.1, 0.15) is 28.8 Å². The number of ether oxygens (including phenoxy) is 2. The Morgan fingerprint density at radius 2 is 1.84 bits per heavy atom. The van der Waals surface area contributed by atoms with E-state index in [1.807, 2.05) is 43.3 Å². The van der Waals surface area contributed by atoms with E-state index in [4.69, 9.17) is 9.47 Å². The molecule has 130 valence electrons. The lowest BCUT2D eigenvalue weighted by Crippen LogP contribution is -2.23. The second-order valence-corrected chi connectivity index (χ2v) is 5.66. The van der Waals surface area contributed by atoms with Crippen LogP contribution in [0.25, 0.3) is 0 Å². The number of aromatic nitrogens is 3. The SMILES string of the molecule is COc1cccc(CN[C@@H](c2ccccc2)c2n[nH]c(C)n2)c1OC. The molecule has 25 heavy (non-hydrogen) atoms. The van der Waals surface area contributed by atoms with E-state index >= 15 is 0 Å². The van der Waals surface area contributed by atoms with Gasteiger partial charge in [0.2, 0.25) is 0 Å². The van der Waals surface area contributed by atoms with Gasteiger partial charge in [0.05, 0.1) is 20.3 Å². The highest BCUT2D eigenvalue weighted by Crippen LogP contribution is 2.31. The van der Waals surface area contributed by atoms with Crippen LogP contribution < -0.4 is 14.8 Å². The van der Waals surface area contributed by atoms with Gasteiger partial charge >= 0.3 is 0 Å². The van der Waals surface area contributed by atoms with E-state index in [1.54, 1.807) is 14.2 Å². The minimum Gasteiger partial charge on any atom is -0.493 e. The number of methoxy groups -OCH3 is 2. The van der Waals surface area contributed by atoms with Crippen molar-refractivity contribution in [3.05, 3.63) is 71.3 Å². The van der Waals surface area contributed by atoms with Crippen molar-refractivity contribution in [1.29, 1.82) is 0 Å². The van der Waals surface area contributed by atoms with Gasteiger partial charge < -0.3 is 9.47 Å². The number of hydrogen-bond acceptors (Lipinski definition) is 5. The number of benzene rings is 2. The van der Waals surface area contributed by atoms with E-state index in [0.29, 0.717) is 18.1 Å². The van der Waals surface area contributed by atoms with Crippen molar-refractivity contribution in [3.8, 4) is 11.5 Å². The third-order valence-corrected chi connectivity index (χ3v) is 3.99. The molecule has 0 aliphatic carbocycles. The van der Waals surface area contributed by atoms with Crippen molar-refractivity contribution in [2.45, 2.75) is 19.5 Å². The Kier molecular flexibility index (Phi) is 5.30. The molecular weight excluding hydrogens is 316 g/mol. The van der Waals surface area contributed by atoms with Crippen molar-refractivity contribution in [3.63, 3.8) is 0 Å². The van der Waals surface area contributed by atoms with Crippen molar-refractivity contribution >= 4 is 0 Å². The third-order valence-electron chi connectivity index (χ3n) is 3.99. The zero-order valence-corrected chi connectivity index (χ0v) is 14.6. The molecule has 0 radical (unpaired) electrons. The minimum absolute atomic E-state index is 0.123. The molecule has 0 saturated heterocycles. The minimum atomic E-state index is -0.123. The average molecular weight is 338 g/mol. The van der Waals surface area contributed by atoms with E-state index in [9.17, 15) is 0 Å². The van der Waals surface area contributed by atoms with Crippen LogP contribution in [0.3, 0.4) is 0 Å². The van der Waals surface area contributed by atoms with Gasteiger partial charge in [0.25, 0.3) is 0 Å². The first-order valence-electron chi connectivity index (χ1n) is 8.10. The van der Waals surface area contributed by atoms with Crippen LogP contribution in [-0.2, 0) is 6.54 Å². The number of aryl methyl sites for hydroxylation is 1. The molecule has 0 aliphatic heterocycles. The van der Waals surface area contributed by atoms with Crippen LogP contribution in [0.5, 0.6) is 11.5 Å². The first kappa shape index (κ1) is 17.0. The Bertz CT molecular complexity index is 817. The van der Waals surface area contributed by atoms with Crippen molar-refractivity contribution in [1.82, 2.24) is 20.5 Å². The molecule has 3 rings (SSSR count). The molecule has 0 spiro atoms. The molecular formula is C19H22N4O2. The molecule has 2 aromatic carbocycles. The quantitative estimate of drug-likeness (QED) is 0.693. The first-order chi connectivity index (χ1) is 12.2. The molecule has 1 atom stereocenters. The lowest BCUT2D eigenvalue weighted by atomic mass is 10.1. The highest BCUT2D eigenvalue weighted by atomic mass is 16.5. The molecule has 0 aliphatic rings. The van der Waals surface area contributed by atoms with E-state index < -0.39 is 0 Å². The van der Waals surface area contributed by atoms with Gasteiger partial charge in [0.15, 0.2) is 17.3 Å². The van der Waals surface area contributed by atoms with Gasteiger partial charge in [0.1, 0.15) is 5.82 Å². The van der Waals surface area contributed by atoms with Crippen LogP contribution >= 0.6 is 0 Å². The smallest absolute Gasteiger partial charge is 0.172 e. The summed E-state index contributed by atoms with van der Waals surface area (Å²) in [5.74, 6) is 2.95. The average Bonchev–Trinajstić information content (AvgIpc) is 3.08. The molecule has 1 heterocycles. The standard InChI is InChI=1S/C19H22N4O2/c1-13-21-19(23-22-13)17(14-8-5-4-6-9-14)20-12-15-10-7-11-16(24-2)18(15)25-3/h4-11,17,20H,12H2,1-3H3,(H,21,22,23)/t17-/m0/s1. The summed E-state index contributed by atoms with van der Waals surface area (Å²) in [6.45, 7) is 2.48. The molecule has 0 fully saturated rings. The number of H-pyrrole nitrogens is 1. The summed E-state index contributed by atoms with van der Waals surface area (Å²) < 4.78 is 10.9. The number of para-hydroxylation sites is 1. The molecule has 6 heteroatoms. The van der Waals surface area contributed by atoms with Crippen LogP contribution in [0.15, 0.2) is 48.5 Å². The molecule has 6 nitrogen and oxygen atoms in total. The van der Waals surface area contributed by atoms with Crippen LogP contribution in [0.4, 0.5) is 0 Å². The Balaban J connectivity index is 1.87. The molecule has 1 aromatic heterocycles. The van der Waals surface area contributed by atoms with Crippen molar-refractivity contribution < 1.29 is 9.47 Å². The molecule has 0 unspecified atom stereocenters. The van der Waals surface area contributed by atoms with Crippen LogP contribution in [0.2, 0.25) is 0 Å². The lowest BCUT2D eigenvalue weighted by molar-refractivity contribution is 0.350. The summed E-state index contributed by atoms with van der Waals surface area (Å²) in [6, 6.07) is 15.9. The third kappa shape index (κ3) is 3.80. The number of nitrogens with zero attached hydrogens (tertiary/aromatic N) is 2. The largest absolute Gasteiger partial charge is 0.493 e. The van der Waals surface area contributed by atoms with Gasteiger partial charge in [-0.25, -0.2) is 4.98 Å². The Labute approximate surface area is 147 Å². The maximum Gasteiger partial charge on any atom is 0.172 e. The van der Waals surface area contributed by atoms with Gasteiger partial charge in [-0.3, -0.25) is 10.4 Å². The summed E-state index contributed by atoms with van der Waals surface area (Å²) in [4.78, 5) is 4.49. The predicted molar refractivity (Wildman–Crippen MR) is 95.8 cm³/mol. The van der Waals surface area contributed by atoms with E-state index in [0.717, 1.165) is 22.7 Å². The number of aromatic amines is 1. The molecule has 0 saturated carbocycles. The second-order valence-electron chi connectivity index (χ2n) is 5.66. The normalized spacial score (nSPS) is 12.0. The van der Waals surface area contributed by atoms with Crippen molar-refractivity contribution in [2.24, 2.45) is 0 Å². The monoisotopic (exact) mass is 338 g/mol. The fourth-order valence-corrected chi connectivity index (χ4v) is 2.80. The number of nitrogens with one attached hydrogen (secondary N) is 2. The second kappa shape index (κ2) is 7.81. The summed E-state index contributed by atoms with van der Waals surface area (Å²) in [5.41, 5.74) is 2.11. The van der Waals surface area contributed by atoms with Gasteiger partial charge in [-0.15, -0.1) is 0 Å². The maximum atomic E-state index is 5.51. The molecule has 0 bridgehead atoms. The van der Waals surface area contributed by atoms with Gasteiger partial charge in [0, 0.05) is 12.1 Å². The van der Waals surface area contributed by atoms with Gasteiger partial charge in [-0.05, 0) is 18.6 Å².